The van der Waals surface area contributed by atoms with E-state index in [0.29, 0.717) is 11.3 Å². The first-order valence-electron chi connectivity index (χ1n) is 5.40. The van der Waals surface area contributed by atoms with Gasteiger partial charge in [-0.15, -0.1) is 0 Å². The monoisotopic (exact) mass is 316 g/mol. The minimum Gasteiger partial charge on any atom is -0.389 e. The maximum Gasteiger partial charge on any atom is 0.196 e. The molecular weight excluding hydrogens is 309 g/mol. The lowest BCUT2D eigenvalue weighted by Crippen LogP contribution is -2.10. The van der Waals surface area contributed by atoms with Gasteiger partial charge in [0.1, 0.15) is 4.99 Å². The van der Waals surface area contributed by atoms with Crippen LogP contribution < -0.4 is 11.1 Å². The average Bonchev–Trinajstić information content (AvgIpc) is 2.39. The Hall–Kier alpha value is -1.79. The number of nitrogens with one attached hydrogen (secondary N) is 1. The summed E-state index contributed by atoms with van der Waals surface area (Å²) >= 11 is 10.7. The van der Waals surface area contributed by atoms with Crippen LogP contribution in [0.15, 0.2) is 30.3 Å². The fourth-order valence-corrected chi connectivity index (χ4v) is 2.09. The van der Waals surface area contributed by atoms with Crippen LogP contribution >= 0.6 is 23.8 Å². The summed E-state index contributed by atoms with van der Waals surface area (Å²) in [5.41, 5.74) is 6.11. The van der Waals surface area contributed by atoms with Crippen LogP contribution in [0.1, 0.15) is 5.56 Å². The highest BCUT2D eigenvalue weighted by atomic mass is 35.5. The van der Waals surface area contributed by atoms with E-state index >= 15 is 0 Å². The van der Waals surface area contributed by atoms with Crippen molar-refractivity contribution in [2.75, 3.05) is 5.32 Å². The molecule has 0 atom stereocenters. The lowest BCUT2D eigenvalue weighted by Gasteiger charge is -2.10. The van der Waals surface area contributed by atoms with Gasteiger partial charge in [0, 0.05) is 11.3 Å². The SMILES string of the molecule is NC(=S)c1ccc(Nc2ccc(F)c(F)c2F)cc1Cl. The molecule has 2 nitrogen and oxygen atoms in total. The Morgan fingerprint density at radius 3 is 2.40 bits per heavy atom. The third-order valence-electron chi connectivity index (χ3n) is 2.55. The van der Waals surface area contributed by atoms with Crippen LogP contribution in [0.2, 0.25) is 5.02 Å². The number of thiocarbonyl (C=S) groups is 1. The third-order valence-corrected chi connectivity index (χ3v) is 3.08. The summed E-state index contributed by atoms with van der Waals surface area (Å²) < 4.78 is 39.4. The normalized spacial score (nSPS) is 10.4. The number of benzene rings is 2. The molecule has 2 rings (SSSR count). The summed E-state index contributed by atoms with van der Waals surface area (Å²) in [5, 5.41) is 2.87. The first kappa shape index (κ1) is 14.6. The Morgan fingerprint density at radius 2 is 1.80 bits per heavy atom. The summed E-state index contributed by atoms with van der Waals surface area (Å²) in [6, 6.07) is 6.46. The smallest absolute Gasteiger partial charge is 0.196 e. The molecule has 0 aliphatic heterocycles. The van der Waals surface area contributed by atoms with E-state index in [9.17, 15) is 13.2 Å². The van der Waals surface area contributed by atoms with E-state index in [1.165, 1.54) is 6.07 Å². The van der Waals surface area contributed by atoms with Crippen LogP contribution in [-0.4, -0.2) is 4.99 Å². The highest BCUT2D eigenvalue weighted by Crippen LogP contribution is 2.26. The summed E-state index contributed by atoms with van der Waals surface area (Å²) in [6.07, 6.45) is 0. The van der Waals surface area contributed by atoms with Crippen molar-refractivity contribution in [3.8, 4) is 0 Å². The molecule has 0 fully saturated rings. The predicted octanol–water partition coefficient (Wildman–Crippen LogP) is 4.14. The van der Waals surface area contributed by atoms with Crippen molar-refractivity contribution in [3.63, 3.8) is 0 Å². The number of halogens is 4. The first-order chi connectivity index (χ1) is 9.40. The Bertz CT molecular complexity index is 692. The van der Waals surface area contributed by atoms with Crippen molar-refractivity contribution in [1.82, 2.24) is 0 Å². The second-order valence-electron chi connectivity index (χ2n) is 3.91. The summed E-state index contributed by atoms with van der Waals surface area (Å²) in [5.74, 6) is -4.10. The number of hydrogen-bond acceptors (Lipinski definition) is 2. The van der Waals surface area contributed by atoms with Gasteiger partial charge in [0.05, 0.1) is 10.7 Å². The van der Waals surface area contributed by atoms with Crippen molar-refractivity contribution in [2.24, 2.45) is 5.73 Å². The van der Waals surface area contributed by atoms with Crippen molar-refractivity contribution >= 4 is 40.2 Å². The van der Waals surface area contributed by atoms with Gasteiger partial charge in [0.2, 0.25) is 0 Å². The van der Waals surface area contributed by atoms with Crippen molar-refractivity contribution < 1.29 is 13.2 Å². The first-order valence-corrected chi connectivity index (χ1v) is 6.18. The minimum absolute atomic E-state index is 0.126. The maximum absolute atomic E-state index is 13.5. The van der Waals surface area contributed by atoms with Gasteiger partial charge in [0.15, 0.2) is 17.5 Å². The van der Waals surface area contributed by atoms with Crippen molar-refractivity contribution in [3.05, 3.63) is 58.4 Å². The third kappa shape index (κ3) is 2.86. The molecule has 2 aromatic rings. The summed E-state index contributed by atoms with van der Waals surface area (Å²) in [4.78, 5) is 0.126. The van der Waals surface area contributed by atoms with E-state index in [1.54, 1.807) is 12.1 Å². The maximum atomic E-state index is 13.5. The highest BCUT2D eigenvalue weighted by molar-refractivity contribution is 7.80. The molecule has 0 spiro atoms. The molecule has 0 saturated heterocycles. The van der Waals surface area contributed by atoms with Crippen molar-refractivity contribution in [2.45, 2.75) is 0 Å². The van der Waals surface area contributed by atoms with E-state index in [4.69, 9.17) is 29.6 Å². The second kappa shape index (κ2) is 5.68. The fourth-order valence-electron chi connectivity index (χ4n) is 1.57. The molecule has 0 aromatic heterocycles. The van der Waals surface area contributed by atoms with Gasteiger partial charge in [-0.1, -0.05) is 23.8 Å². The van der Waals surface area contributed by atoms with Crippen LogP contribution in [0.3, 0.4) is 0 Å². The van der Waals surface area contributed by atoms with Gasteiger partial charge in [-0.2, -0.15) is 0 Å². The Balaban J connectivity index is 2.34. The lowest BCUT2D eigenvalue weighted by atomic mass is 10.2. The zero-order valence-corrected chi connectivity index (χ0v) is 11.5. The second-order valence-corrected chi connectivity index (χ2v) is 4.75. The standard InChI is InChI=1S/C13H8ClF3N2S/c14-8-5-6(1-2-7(8)13(18)20)19-10-4-3-9(15)11(16)12(10)17/h1-5,19H,(H2,18,20). The highest BCUT2D eigenvalue weighted by Gasteiger charge is 2.14. The average molecular weight is 317 g/mol. The molecule has 0 unspecified atom stereocenters. The number of rotatable bonds is 3. The molecule has 0 radical (unpaired) electrons. The quantitative estimate of drug-likeness (QED) is 0.660. The molecular formula is C13H8ClF3N2S. The van der Waals surface area contributed by atoms with E-state index in [0.717, 1.165) is 12.1 Å². The topological polar surface area (TPSA) is 38.0 Å². The molecule has 0 amide bonds. The molecule has 0 bridgehead atoms. The van der Waals surface area contributed by atoms with Crippen LogP contribution in [0, 0.1) is 17.5 Å². The van der Waals surface area contributed by atoms with Gasteiger partial charge in [-0.05, 0) is 30.3 Å². The zero-order chi connectivity index (χ0) is 14.9. The van der Waals surface area contributed by atoms with Crippen molar-refractivity contribution in [1.29, 1.82) is 0 Å². The number of hydrogen-bond donors (Lipinski definition) is 2. The van der Waals surface area contributed by atoms with Gasteiger partial charge >= 0.3 is 0 Å². The molecule has 0 aliphatic rings. The van der Waals surface area contributed by atoms with E-state index in [2.05, 4.69) is 5.32 Å². The molecule has 7 heteroatoms. The molecule has 0 aliphatic carbocycles. The number of anilines is 2. The minimum atomic E-state index is -1.54. The van der Waals surface area contributed by atoms with Gasteiger partial charge < -0.3 is 11.1 Å². The van der Waals surface area contributed by atoms with E-state index in [1.807, 2.05) is 0 Å². The lowest BCUT2D eigenvalue weighted by molar-refractivity contribution is 0.449. The van der Waals surface area contributed by atoms with Gasteiger partial charge in [-0.3, -0.25) is 0 Å². The molecule has 104 valence electrons. The van der Waals surface area contributed by atoms with Crippen LogP contribution in [0.5, 0.6) is 0 Å². The Morgan fingerprint density at radius 1 is 1.10 bits per heavy atom. The van der Waals surface area contributed by atoms with E-state index < -0.39 is 17.5 Å². The van der Waals surface area contributed by atoms with Crippen LogP contribution in [-0.2, 0) is 0 Å². The van der Waals surface area contributed by atoms with Gasteiger partial charge in [0.25, 0.3) is 0 Å². The Kier molecular flexibility index (Phi) is 4.15. The summed E-state index contributed by atoms with van der Waals surface area (Å²) in [7, 11) is 0. The summed E-state index contributed by atoms with van der Waals surface area (Å²) in [6.45, 7) is 0. The number of nitrogens with two attached hydrogens (primary N) is 1. The predicted molar refractivity (Wildman–Crippen MR) is 76.9 cm³/mol. The largest absolute Gasteiger partial charge is 0.389 e. The molecule has 0 saturated carbocycles. The van der Waals surface area contributed by atoms with Crippen LogP contribution in [0.4, 0.5) is 24.5 Å². The van der Waals surface area contributed by atoms with Gasteiger partial charge in [-0.25, -0.2) is 13.2 Å². The Labute approximate surface area is 123 Å². The van der Waals surface area contributed by atoms with Crippen LogP contribution in [0.25, 0.3) is 0 Å². The zero-order valence-electron chi connectivity index (χ0n) is 9.88. The fraction of sp³-hybridized carbons (Fsp3) is 0. The molecule has 3 N–H and O–H groups in total. The van der Waals surface area contributed by atoms with E-state index in [-0.39, 0.29) is 15.7 Å². The molecule has 0 heterocycles. The molecule has 2 aromatic carbocycles. The molecule has 20 heavy (non-hydrogen) atoms.